The Kier molecular flexibility index (Phi) is 4.62. The average Bonchev–Trinajstić information content (AvgIpc) is 2.95. The molecule has 0 bridgehead atoms. The second kappa shape index (κ2) is 6.83. The van der Waals surface area contributed by atoms with E-state index in [1.807, 2.05) is 19.3 Å². The molecule has 0 unspecified atom stereocenters. The minimum Gasteiger partial charge on any atom is -0.460 e. The molecule has 2 aromatic heterocycles. The smallest absolute Gasteiger partial charge is 0.316 e. The number of nitrogens with zero attached hydrogens (tertiary/aromatic N) is 5. The van der Waals surface area contributed by atoms with E-state index in [4.69, 9.17) is 9.26 Å². The molecule has 1 fully saturated rings. The molecule has 22 heavy (non-hydrogen) atoms. The van der Waals surface area contributed by atoms with Gasteiger partial charge in [-0.05, 0) is 31.7 Å². The molecule has 118 valence electrons. The first-order chi connectivity index (χ1) is 10.7. The molecule has 7 heteroatoms. The van der Waals surface area contributed by atoms with Crippen LogP contribution in [0.2, 0.25) is 0 Å². The molecular formula is C15H21N5O2. The molecule has 0 amide bonds. The molecule has 2 aromatic rings. The zero-order valence-electron chi connectivity index (χ0n) is 13.0. The highest BCUT2D eigenvalue weighted by Gasteiger charge is 2.22. The molecule has 0 aromatic carbocycles. The van der Waals surface area contributed by atoms with Gasteiger partial charge < -0.3 is 9.26 Å². The van der Waals surface area contributed by atoms with E-state index in [-0.39, 0.29) is 6.10 Å². The van der Waals surface area contributed by atoms with Crippen LogP contribution in [-0.4, -0.2) is 44.2 Å². The molecule has 1 aliphatic heterocycles. The van der Waals surface area contributed by atoms with Crippen LogP contribution in [0.5, 0.6) is 6.01 Å². The Morgan fingerprint density at radius 1 is 1.27 bits per heavy atom. The summed E-state index contributed by atoms with van der Waals surface area (Å²) in [6.45, 7) is 6.50. The van der Waals surface area contributed by atoms with Gasteiger partial charge in [0.2, 0.25) is 5.89 Å². The molecule has 0 aliphatic carbocycles. The topological polar surface area (TPSA) is 77.2 Å². The maximum atomic E-state index is 5.86. The summed E-state index contributed by atoms with van der Waals surface area (Å²) in [5, 5.41) is 3.81. The SMILES string of the molecule is CCc1cnc(OC2CCN(Cc3nc(C)no3)CC2)nc1. The predicted molar refractivity (Wildman–Crippen MR) is 79.4 cm³/mol. The van der Waals surface area contributed by atoms with E-state index in [1.165, 1.54) is 0 Å². The van der Waals surface area contributed by atoms with Crippen LogP contribution in [0.25, 0.3) is 0 Å². The first-order valence-corrected chi connectivity index (χ1v) is 7.72. The molecular weight excluding hydrogens is 282 g/mol. The highest BCUT2D eigenvalue weighted by molar-refractivity contribution is 5.07. The van der Waals surface area contributed by atoms with Crippen molar-refractivity contribution in [3.8, 4) is 6.01 Å². The van der Waals surface area contributed by atoms with Gasteiger partial charge in [0.15, 0.2) is 5.82 Å². The van der Waals surface area contributed by atoms with Crippen molar-refractivity contribution >= 4 is 0 Å². The van der Waals surface area contributed by atoms with E-state index in [1.54, 1.807) is 0 Å². The number of aromatic nitrogens is 4. The van der Waals surface area contributed by atoms with Crippen molar-refractivity contribution in [3.05, 3.63) is 29.7 Å². The zero-order chi connectivity index (χ0) is 15.4. The van der Waals surface area contributed by atoms with Crippen molar-refractivity contribution in [2.24, 2.45) is 0 Å². The van der Waals surface area contributed by atoms with E-state index >= 15 is 0 Å². The highest BCUT2D eigenvalue weighted by atomic mass is 16.5. The van der Waals surface area contributed by atoms with Gasteiger partial charge >= 0.3 is 6.01 Å². The molecule has 1 saturated heterocycles. The van der Waals surface area contributed by atoms with Gasteiger partial charge in [-0.2, -0.15) is 4.98 Å². The molecule has 0 spiro atoms. The van der Waals surface area contributed by atoms with E-state index < -0.39 is 0 Å². The van der Waals surface area contributed by atoms with Crippen LogP contribution < -0.4 is 4.74 Å². The second-order valence-electron chi connectivity index (χ2n) is 5.56. The number of aryl methyl sites for hydroxylation is 2. The second-order valence-corrected chi connectivity index (χ2v) is 5.56. The number of rotatable bonds is 5. The van der Waals surface area contributed by atoms with Crippen LogP contribution >= 0.6 is 0 Å². The molecule has 3 rings (SSSR count). The fraction of sp³-hybridized carbons (Fsp3) is 0.600. The number of hydrogen-bond donors (Lipinski definition) is 0. The minimum atomic E-state index is 0.174. The third kappa shape index (κ3) is 3.79. The summed E-state index contributed by atoms with van der Waals surface area (Å²) >= 11 is 0. The summed E-state index contributed by atoms with van der Waals surface area (Å²) in [6.07, 6.45) is 6.67. The summed E-state index contributed by atoms with van der Waals surface area (Å²) in [7, 11) is 0. The fourth-order valence-electron chi connectivity index (χ4n) is 2.52. The highest BCUT2D eigenvalue weighted by Crippen LogP contribution is 2.17. The normalized spacial score (nSPS) is 16.8. The Hall–Kier alpha value is -2.02. The van der Waals surface area contributed by atoms with Crippen molar-refractivity contribution in [2.75, 3.05) is 13.1 Å². The van der Waals surface area contributed by atoms with Crippen molar-refractivity contribution in [1.82, 2.24) is 25.0 Å². The first kappa shape index (κ1) is 14.9. The van der Waals surface area contributed by atoms with Gasteiger partial charge in [-0.1, -0.05) is 12.1 Å². The Morgan fingerprint density at radius 3 is 2.59 bits per heavy atom. The lowest BCUT2D eigenvalue weighted by Crippen LogP contribution is -2.38. The number of piperidine rings is 1. The van der Waals surface area contributed by atoms with Crippen LogP contribution in [0.15, 0.2) is 16.9 Å². The van der Waals surface area contributed by atoms with Crippen molar-refractivity contribution in [1.29, 1.82) is 0 Å². The van der Waals surface area contributed by atoms with Gasteiger partial charge in [0.1, 0.15) is 6.10 Å². The van der Waals surface area contributed by atoms with E-state index in [2.05, 4.69) is 31.9 Å². The lowest BCUT2D eigenvalue weighted by Gasteiger charge is -2.30. The predicted octanol–water partition coefficient (Wildman–Crippen LogP) is 1.77. The van der Waals surface area contributed by atoms with Crippen LogP contribution in [0, 0.1) is 6.92 Å². The molecule has 1 aliphatic rings. The third-order valence-electron chi connectivity index (χ3n) is 3.83. The zero-order valence-corrected chi connectivity index (χ0v) is 13.0. The van der Waals surface area contributed by atoms with Gasteiger partial charge in [0, 0.05) is 25.5 Å². The van der Waals surface area contributed by atoms with Crippen molar-refractivity contribution < 1.29 is 9.26 Å². The molecule has 7 nitrogen and oxygen atoms in total. The maximum absolute atomic E-state index is 5.86. The van der Waals surface area contributed by atoms with E-state index in [0.29, 0.717) is 24.3 Å². The Labute approximate surface area is 129 Å². The van der Waals surface area contributed by atoms with E-state index in [9.17, 15) is 0 Å². The van der Waals surface area contributed by atoms with Gasteiger partial charge in [0.25, 0.3) is 0 Å². The summed E-state index contributed by atoms with van der Waals surface area (Å²) in [5.74, 6) is 1.36. The monoisotopic (exact) mass is 303 g/mol. The Bertz CT molecular complexity index is 590. The Morgan fingerprint density at radius 2 is 2.00 bits per heavy atom. The molecule has 3 heterocycles. The standard InChI is InChI=1S/C15H21N5O2/c1-3-12-8-16-15(17-9-12)21-13-4-6-20(7-5-13)10-14-18-11(2)19-22-14/h8-9,13H,3-7,10H2,1-2H3. The summed E-state index contributed by atoms with van der Waals surface area (Å²) in [5.41, 5.74) is 1.12. The molecule has 0 radical (unpaired) electrons. The van der Waals surface area contributed by atoms with Gasteiger partial charge in [-0.25, -0.2) is 9.97 Å². The lowest BCUT2D eigenvalue weighted by molar-refractivity contribution is 0.0835. The lowest BCUT2D eigenvalue weighted by atomic mass is 10.1. The molecule has 0 atom stereocenters. The Balaban J connectivity index is 1.46. The summed E-state index contributed by atoms with van der Waals surface area (Å²) in [4.78, 5) is 15.0. The van der Waals surface area contributed by atoms with Crippen molar-refractivity contribution in [3.63, 3.8) is 0 Å². The van der Waals surface area contributed by atoms with Crippen LogP contribution in [0.1, 0.15) is 37.0 Å². The molecule has 0 N–H and O–H groups in total. The van der Waals surface area contributed by atoms with Gasteiger partial charge in [0.05, 0.1) is 6.54 Å². The number of likely N-dealkylation sites (tertiary alicyclic amines) is 1. The number of ether oxygens (including phenoxy) is 1. The summed E-state index contributed by atoms with van der Waals surface area (Å²) < 4.78 is 11.0. The third-order valence-corrected chi connectivity index (χ3v) is 3.83. The van der Waals surface area contributed by atoms with E-state index in [0.717, 1.165) is 37.9 Å². The quantitative estimate of drug-likeness (QED) is 0.833. The largest absolute Gasteiger partial charge is 0.460 e. The first-order valence-electron chi connectivity index (χ1n) is 7.72. The summed E-state index contributed by atoms with van der Waals surface area (Å²) in [6, 6.07) is 0.475. The fourth-order valence-corrected chi connectivity index (χ4v) is 2.52. The van der Waals surface area contributed by atoms with Gasteiger partial charge in [-0.3, -0.25) is 4.90 Å². The molecule has 0 saturated carbocycles. The average molecular weight is 303 g/mol. The maximum Gasteiger partial charge on any atom is 0.316 e. The minimum absolute atomic E-state index is 0.174. The van der Waals surface area contributed by atoms with Crippen molar-refractivity contribution in [2.45, 2.75) is 45.8 Å². The van der Waals surface area contributed by atoms with Crippen LogP contribution in [0.3, 0.4) is 0 Å². The van der Waals surface area contributed by atoms with Crippen LogP contribution in [-0.2, 0) is 13.0 Å². The number of hydrogen-bond acceptors (Lipinski definition) is 7. The van der Waals surface area contributed by atoms with Gasteiger partial charge in [-0.15, -0.1) is 0 Å². The van der Waals surface area contributed by atoms with Crippen LogP contribution in [0.4, 0.5) is 0 Å².